The summed E-state index contributed by atoms with van der Waals surface area (Å²) >= 11 is 5.45. The topological polar surface area (TPSA) is 52.4 Å². The minimum atomic E-state index is -4.96. The average molecular weight is 284 g/mol. The standard InChI is InChI=1S/C10H9ClF3NO3/c11-6-2-4-7-3-1-5-8(9(7)15(16)17)18-10(12,13)14/h1,3,5H,2,4,6H2. The van der Waals surface area contributed by atoms with E-state index in [1.165, 1.54) is 12.1 Å². The summed E-state index contributed by atoms with van der Waals surface area (Å²) in [6.45, 7) is 0. The van der Waals surface area contributed by atoms with Gasteiger partial charge in [-0.25, -0.2) is 0 Å². The largest absolute Gasteiger partial charge is 0.573 e. The van der Waals surface area contributed by atoms with Crippen molar-refractivity contribution in [2.75, 3.05) is 5.88 Å². The van der Waals surface area contributed by atoms with E-state index in [0.717, 1.165) is 6.07 Å². The number of hydrogen-bond donors (Lipinski definition) is 0. The number of benzene rings is 1. The molecule has 0 aliphatic rings. The van der Waals surface area contributed by atoms with Gasteiger partial charge in [0.1, 0.15) is 0 Å². The molecule has 0 radical (unpaired) electrons. The van der Waals surface area contributed by atoms with Gasteiger partial charge >= 0.3 is 12.0 Å². The van der Waals surface area contributed by atoms with Gasteiger partial charge in [0.2, 0.25) is 5.75 Å². The van der Waals surface area contributed by atoms with Crippen molar-refractivity contribution >= 4 is 17.3 Å². The molecule has 1 aromatic carbocycles. The summed E-state index contributed by atoms with van der Waals surface area (Å²) in [5.41, 5.74) is -0.498. The first-order chi connectivity index (χ1) is 8.35. The van der Waals surface area contributed by atoms with Gasteiger partial charge in [0.15, 0.2) is 0 Å². The van der Waals surface area contributed by atoms with Gasteiger partial charge < -0.3 is 4.74 Å². The molecular formula is C10H9ClF3NO3. The van der Waals surface area contributed by atoms with Crippen LogP contribution in [0.2, 0.25) is 0 Å². The summed E-state index contributed by atoms with van der Waals surface area (Å²) in [6, 6.07) is 3.57. The quantitative estimate of drug-likeness (QED) is 0.471. The SMILES string of the molecule is O=[N+]([O-])c1c(CCCCl)cccc1OC(F)(F)F. The number of nitro benzene ring substituents is 1. The maximum absolute atomic E-state index is 12.1. The summed E-state index contributed by atoms with van der Waals surface area (Å²) in [5, 5.41) is 10.8. The van der Waals surface area contributed by atoms with Gasteiger partial charge in [-0.15, -0.1) is 24.8 Å². The highest BCUT2D eigenvalue weighted by atomic mass is 35.5. The number of para-hydroxylation sites is 1. The second kappa shape index (κ2) is 5.90. The van der Waals surface area contributed by atoms with Crippen molar-refractivity contribution in [3.63, 3.8) is 0 Å². The smallest absolute Gasteiger partial charge is 0.398 e. The highest BCUT2D eigenvalue weighted by Crippen LogP contribution is 2.35. The van der Waals surface area contributed by atoms with E-state index < -0.39 is 22.7 Å². The van der Waals surface area contributed by atoms with Crippen LogP contribution in [-0.4, -0.2) is 17.2 Å². The van der Waals surface area contributed by atoms with Crippen LogP contribution in [-0.2, 0) is 6.42 Å². The number of aryl methyl sites for hydroxylation is 1. The van der Waals surface area contributed by atoms with Gasteiger partial charge in [-0.1, -0.05) is 12.1 Å². The summed E-state index contributed by atoms with van der Waals surface area (Å²) in [6.07, 6.45) is -4.32. The minimum absolute atomic E-state index is 0.169. The van der Waals surface area contributed by atoms with Crippen molar-refractivity contribution in [1.82, 2.24) is 0 Å². The molecule has 0 aromatic heterocycles. The molecule has 8 heteroatoms. The molecule has 0 aliphatic heterocycles. The molecule has 0 unspecified atom stereocenters. The molecule has 1 rings (SSSR count). The van der Waals surface area contributed by atoms with Gasteiger partial charge in [-0.3, -0.25) is 10.1 Å². The average Bonchev–Trinajstić information content (AvgIpc) is 2.23. The zero-order valence-electron chi connectivity index (χ0n) is 9.04. The predicted molar refractivity (Wildman–Crippen MR) is 58.8 cm³/mol. The fourth-order valence-corrected chi connectivity index (χ4v) is 1.57. The number of rotatable bonds is 5. The van der Waals surface area contributed by atoms with Crippen LogP contribution < -0.4 is 4.74 Å². The lowest BCUT2D eigenvalue weighted by Gasteiger charge is -2.11. The lowest BCUT2D eigenvalue weighted by atomic mass is 10.1. The van der Waals surface area contributed by atoms with Crippen molar-refractivity contribution < 1.29 is 22.8 Å². The maximum atomic E-state index is 12.1. The van der Waals surface area contributed by atoms with Crippen molar-refractivity contribution in [3.8, 4) is 5.75 Å². The molecule has 0 bridgehead atoms. The molecular weight excluding hydrogens is 275 g/mol. The van der Waals surface area contributed by atoms with Crippen LogP contribution in [0.1, 0.15) is 12.0 Å². The second-order valence-corrected chi connectivity index (χ2v) is 3.74. The first kappa shape index (κ1) is 14.6. The Bertz CT molecular complexity index is 437. The van der Waals surface area contributed by atoms with Crippen LogP contribution in [0.25, 0.3) is 0 Å². The van der Waals surface area contributed by atoms with Crippen LogP contribution in [0.4, 0.5) is 18.9 Å². The van der Waals surface area contributed by atoms with E-state index in [0.29, 0.717) is 6.42 Å². The summed E-state index contributed by atoms with van der Waals surface area (Å²) in [5.74, 6) is -0.541. The van der Waals surface area contributed by atoms with Crippen molar-refractivity contribution in [3.05, 3.63) is 33.9 Å². The lowest BCUT2D eigenvalue weighted by Crippen LogP contribution is -2.18. The molecule has 1 aromatic rings. The second-order valence-electron chi connectivity index (χ2n) is 3.36. The van der Waals surface area contributed by atoms with Crippen LogP contribution in [0.3, 0.4) is 0 Å². The molecule has 0 aliphatic carbocycles. The number of hydrogen-bond acceptors (Lipinski definition) is 3. The molecule has 0 atom stereocenters. The number of alkyl halides is 4. The molecule has 0 saturated heterocycles. The molecule has 0 spiro atoms. The lowest BCUT2D eigenvalue weighted by molar-refractivity contribution is -0.389. The molecule has 0 fully saturated rings. The number of nitrogens with zero attached hydrogens (tertiary/aromatic N) is 1. The van der Waals surface area contributed by atoms with Gasteiger partial charge in [0.25, 0.3) is 0 Å². The van der Waals surface area contributed by atoms with E-state index in [1.807, 2.05) is 0 Å². The van der Waals surface area contributed by atoms with Crippen LogP contribution in [0, 0.1) is 10.1 Å². The van der Waals surface area contributed by atoms with Gasteiger partial charge in [0, 0.05) is 11.4 Å². The molecule has 4 nitrogen and oxygen atoms in total. The van der Waals surface area contributed by atoms with E-state index in [1.54, 1.807) is 0 Å². The third kappa shape index (κ3) is 4.06. The van der Waals surface area contributed by atoms with Crippen LogP contribution >= 0.6 is 11.6 Å². The number of nitro groups is 1. The summed E-state index contributed by atoms with van der Waals surface area (Å²) in [7, 11) is 0. The van der Waals surface area contributed by atoms with Gasteiger partial charge in [-0.2, -0.15) is 0 Å². The van der Waals surface area contributed by atoms with E-state index >= 15 is 0 Å². The van der Waals surface area contributed by atoms with Crippen molar-refractivity contribution in [2.45, 2.75) is 19.2 Å². The maximum Gasteiger partial charge on any atom is 0.573 e. The number of ether oxygens (including phenoxy) is 1. The summed E-state index contributed by atoms with van der Waals surface area (Å²) < 4.78 is 39.9. The molecule has 0 N–H and O–H groups in total. The molecule has 0 amide bonds. The Balaban J connectivity index is 3.13. The predicted octanol–water partition coefficient (Wildman–Crippen LogP) is 3.66. The Hall–Kier alpha value is -1.50. The fourth-order valence-electron chi connectivity index (χ4n) is 1.44. The molecule has 100 valence electrons. The van der Waals surface area contributed by atoms with Gasteiger partial charge in [-0.05, 0) is 18.9 Å². The normalized spacial score (nSPS) is 11.3. The Morgan fingerprint density at radius 1 is 1.39 bits per heavy atom. The Kier molecular flexibility index (Phi) is 4.77. The van der Waals surface area contributed by atoms with Crippen LogP contribution in [0.5, 0.6) is 5.75 Å². The Morgan fingerprint density at radius 3 is 2.56 bits per heavy atom. The van der Waals surface area contributed by atoms with E-state index in [4.69, 9.17) is 11.6 Å². The molecule has 0 heterocycles. The van der Waals surface area contributed by atoms with Crippen molar-refractivity contribution in [1.29, 1.82) is 0 Å². The third-order valence-corrected chi connectivity index (χ3v) is 2.34. The zero-order valence-corrected chi connectivity index (χ0v) is 9.79. The first-order valence-electron chi connectivity index (χ1n) is 4.93. The van der Waals surface area contributed by atoms with Gasteiger partial charge in [0.05, 0.1) is 4.92 Å². The Labute approximate surface area is 105 Å². The summed E-state index contributed by atoms with van der Waals surface area (Å²) in [4.78, 5) is 9.93. The first-order valence-corrected chi connectivity index (χ1v) is 5.46. The minimum Gasteiger partial charge on any atom is -0.398 e. The van der Waals surface area contributed by atoms with Crippen LogP contribution in [0.15, 0.2) is 18.2 Å². The Morgan fingerprint density at radius 2 is 2.06 bits per heavy atom. The van der Waals surface area contributed by atoms with E-state index in [9.17, 15) is 23.3 Å². The monoisotopic (exact) mass is 283 g/mol. The highest BCUT2D eigenvalue weighted by Gasteiger charge is 2.35. The van der Waals surface area contributed by atoms with E-state index in [-0.39, 0.29) is 17.9 Å². The molecule has 18 heavy (non-hydrogen) atoms. The van der Waals surface area contributed by atoms with E-state index in [2.05, 4.69) is 4.74 Å². The highest BCUT2D eigenvalue weighted by molar-refractivity contribution is 6.17. The fraction of sp³-hybridized carbons (Fsp3) is 0.400. The van der Waals surface area contributed by atoms with Crippen molar-refractivity contribution in [2.24, 2.45) is 0 Å². The zero-order chi connectivity index (χ0) is 13.8. The number of halogens is 4. The molecule has 0 saturated carbocycles. The third-order valence-electron chi connectivity index (χ3n) is 2.07.